The van der Waals surface area contributed by atoms with Crippen LogP contribution in [0.3, 0.4) is 0 Å². The number of hydrogen-bond donors (Lipinski definition) is 1. The Morgan fingerprint density at radius 2 is 2.40 bits per heavy atom. The highest BCUT2D eigenvalue weighted by Crippen LogP contribution is 2.25. The summed E-state index contributed by atoms with van der Waals surface area (Å²) in [7, 11) is -2.76. The summed E-state index contributed by atoms with van der Waals surface area (Å²) in [6.45, 7) is 0. The van der Waals surface area contributed by atoms with Crippen LogP contribution >= 0.6 is 19.6 Å². The Balaban J connectivity index is 3.97. The molecule has 0 amide bonds. The molecule has 10 heavy (non-hydrogen) atoms. The minimum Gasteiger partial charge on any atom is -0.345 e. The summed E-state index contributed by atoms with van der Waals surface area (Å²) < 4.78 is 10.3. The van der Waals surface area contributed by atoms with E-state index < -0.39 is 13.8 Å². The Morgan fingerprint density at radius 3 is 2.70 bits per heavy atom. The molecule has 0 aromatic rings. The Hall–Kier alpha value is -0.140. The van der Waals surface area contributed by atoms with Crippen LogP contribution < -0.4 is 0 Å². The van der Waals surface area contributed by atoms with Gasteiger partial charge in [0.25, 0.3) is 0 Å². The van der Waals surface area contributed by atoms with Gasteiger partial charge in [-0.15, -0.1) is 11.6 Å². The van der Waals surface area contributed by atoms with Crippen molar-refractivity contribution in [2.24, 2.45) is 4.99 Å². The van der Waals surface area contributed by atoms with E-state index >= 15 is 0 Å². The van der Waals surface area contributed by atoms with Gasteiger partial charge in [0.1, 0.15) is 5.78 Å². The van der Waals surface area contributed by atoms with E-state index in [1.165, 1.54) is 6.08 Å². The van der Waals surface area contributed by atoms with Crippen LogP contribution in [0.4, 0.5) is 0 Å². The Morgan fingerprint density at radius 1 is 1.80 bits per heavy atom. The third-order valence-corrected chi connectivity index (χ3v) is 2.08. The number of hydrogen-bond acceptors (Lipinski definition) is 3. The molecule has 0 aliphatic heterocycles. The van der Waals surface area contributed by atoms with Gasteiger partial charge in [0.05, 0.1) is 0 Å². The molecule has 0 aliphatic rings. The van der Waals surface area contributed by atoms with E-state index in [0.717, 1.165) is 0 Å². The molecule has 1 N–H and O–H groups in total. The fourth-order valence-corrected chi connectivity index (χ4v) is 1.35. The van der Waals surface area contributed by atoms with Crippen LogP contribution in [0, 0.1) is 0 Å². The molecule has 2 unspecified atom stereocenters. The number of nitrogens with zero attached hydrogens (tertiary/aromatic N) is 1. The molecule has 58 valence electrons. The first-order chi connectivity index (χ1) is 4.72. The van der Waals surface area contributed by atoms with E-state index in [-0.39, 0.29) is 12.3 Å². The van der Waals surface area contributed by atoms with E-state index in [2.05, 4.69) is 4.99 Å². The van der Waals surface area contributed by atoms with Crippen molar-refractivity contribution in [2.75, 3.05) is 5.88 Å². The third-order valence-electron chi connectivity index (χ3n) is 0.876. The topological polar surface area (TPSA) is 66.7 Å². The highest BCUT2D eigenvalue weighted by molar-refractivity contribution is 7.38. The number of isocyanates is 1. The van der Waals surface area contributed by atoms with Gasteiger partial charge in [-0.05, 0) is 6.42 Å². The van der Waals surface area contributed by atoms with Gasteiger partial charge in [0, 0.05) is 5.88 Å². The molecule has 0 radical (unpaired) electrons. The van der Waals surface area contributed by atoms with Crippen LogP contribution in [0.5, 0.6) is 0 Å². The van der Waals surface area contributed by atoms with E-state index in [1.54, 1.807) is 0 Å². The lowest BCUT2D eigenvalue weighted by molar-refractivity contribution is 0.486. The van der Waals surface area contributed by atoms with Gasteiger partial charge < -0.3 is 4.89 Å². The van der Waals surface area contributed by atoms with Gasteiger partial charge in [0.2, 0.25) is 14.1 Å². The van der Waals surface area contributed by atoms with Crippen LogP contribution in [0.25, 0.3) is 0 Å². The highest BCUT2D eigenvalue weighted by Gasteiger charge is 2.10. The van der Waals surface area contributed by atoms with Crippen molar-refractivity contribution in [3.8, 4) is 0 Å². The summed E-state index contributed by atoms with van der Waals surface area (Å²) in [4.78, 5) is 21.2. The molecular weight excluding hydrogens is 176 g/mol. The quantitative estimate of drug-likeness (QED) is 0.303. The predicted octanol–water partition coefficient (Wildman–Crippen LogP) is 0.744. The molecule has 0 bridgehead atoms. The summed E-state index contributed by atoms with van der Waals surface area (Å²) >= 11 is 5.25. The molecule has 0 spiro atoms. The SMILES string of the molecule is O=C=NC(CCCl)[PH](=O)O. The normalized spacial score (nSPS) is 15.4. The second-order valence-corrected chi connectivity index (χ2v) is 3.27. The second-order valence-electron chi connectivity index (χ2n) is 1.55. The van der Waals surface area contributed by atoms with Crippen molar-refractivity contribution in [1.29, 1.82) is 0 Å². The van der Waals surface area contributed by atoms with E-state index in [9.17, 15) is 9.36 Å². The minimum absolute atomic E-state index is 0.215. The van der Waals surface area contributed by atoms with Crippen LogP contribution in [-0.2, 0) is 9.36 Å². The first kappa shape index (κ1) is 9.86. The molecule has 0 saturated heterocycles. The molecule has 0 heterocycles. The van der Waals surface area contributed by atoms with Crippen molar-refractivity contribution < 1.29 is 14.3 Å². The van der Waals surface area contributed by atoms with Crippen molar-refractivity contribution in [2.45, 2.75) is 12.2 Å². The Bertz CT molecular complexity index is 166. The molecule has 0 rings (SSSR count). The Labute approximate surface area is 63.8 Å². The fraction of sp³-hybridized carbons (Fsp3) is 0.750. The zero-order chi connectivity index (χ0) is 7.98. The standard InChI is InChI=1S/C4H7ClNO3P/c5-2-1-4(6-3-7)10(8)9/h4,10H,1-2H2,(H,8,9). The molecule has 6 heteroatoms. The molecule has 0 aromatic carbocycles. The van der Waals surface area contributed by atoms with Crippen LogP contribution in [0.2, 0.25) is 0 Å². The largest absolute Gasteiger partial charge is 0.345 e. The number of rotatable bonds is 4. The number of aliphatic imine (C=N–C) groups is 1. The molecular formula is C4H7ClNO3P. The van der Waals surface area contributed by atoms with Crippen molar-refractivity contribution >= 4 is 25.7 Å². The lowest BCUT2D eigenvalue weighted by atomic mass is 10.5. The fourth-order valence-electron chi connectivity index (χ4n) is 0.410. The van der Waals surface area contributed by atoms with E-state index in [1.807, 2.05) is 0 Å². The van der Waals surface area contributed by atoms with Crippen LogP contribution in [-0.4, -0.2) is 22.6 Å². The Kier molecular flexibility index (Phi) is 5.55. The molecule has 0 saturated carbocycles. The summed E-state index contributed by atoms with van der Waals surface area (Å²) in [6, 6.07) is 0. The first-order valence-corrected chi connectivity index (χ1v) is 4.55. The lowest BCUT2D eigenvalue weighted by Crippen LogP contribution is -1.97. The van der Waals surface area contributed by atoms with Gasteiger partial charge in [-0.2, -0.15) is 4.99 Å². The van der Waals surface area contributed by atoms with Gasteiger partial charge in [-0.3, -0.25) is 4.57 Å². The maximum Gasteiger partial charge on any atom is 0.235 e. The maximum absolute atomic E-state index is 10.3. The summed E-state index contributed by atoms with van der Waals surface area (Å²) in [5, 5.41) is 0. The monoisotopic (exact) mass is 183 g/mol. The zero-order valence-corrected chi connectivity index (χ0v) is 6.84. The van der Waals surface area contributed by atoms with Gasteiger partial charge in [-0.1, -0.05) is 0 Å². The molecule has 0 aliphatic carbocycles. The summed E-state index contributed by atoms with van der Waals surface area (Å²) in [5.74, 6) is -0.632. The number of halogens is 1. The minimum atomic E-state index is -2.76. The number of carbonyl (C=O) groups excluding carboxylic acids is 1. The zero-order valence-electron chi connectivity index (χ0n) is 5.08. The molecule has 4 nitrogen and oxygen atoms in total. The van der Waals surface area contributed by atoms with Crippen molar-refractivity contribution in [3.05, 3.63) is 0 Å². The number of alkyl halides is 1. The average Bonchev–Trinajstić information content (AvgIpc) is 1.87. The summed E-state index contributed by atoms with van der Waals surface area (Å²) in [6.07, 6.45) is 1.46. The highest BCUT2D eigenvalue weighted by atomic mass is 35.5. The van der Waals surface area contributed by atoms with E-state index in [0.29, 0.717) is 0 Å². The van der Waals surface area contributed by atoms with Gasteiger partial charge in [-0.25, -0.2) is 4.79 Å². The molecule has 2 atom stereocenters. The smallest absolute Gasteiger partial charge is 0.235 e. The lowest BCUT2D eigenvalue weighted by Gasteiger charge is -2.01. The van der Waals surface area contributed by atoms with Crippen LogP contribution in [0.1, 0.15) is 6.42 Å². The van der Waals surface area contributed by atoms with Gasteiger partial charge in [0.15, 0.2) is 0 Å². The third kappa shape index (κ3) is 3.80. The first-order valence-electron chi connectivity index (χ1n) is 2.58. The average molecular weight is 184 g/mol. The summed E-state index contributed by atoms with van der Waals surface area (Å²) in [5.41, 5.74) is 0. The van der Waals surface area contributed by atoms with Crippen molar-refractivity contribution in [3.63, 3.8) is 0 Å². The van der Waals surface area contributed by atoms with Crippen LogP contribution in [0.15, 0.2) is 4.99 Å². The molecule has 0 aromatic heterocycles. The predicted molar refractivity (Wildman–Crippen MR) is 38.5 cm³/mol. The second kappa shape index (κ2) is 5.63. The molecule has 0 fully saturated rings. The maximum atomic E-state index is 10.3. The van der Waals surface area contributed by atoms with Crippen molar-refractivity contribution in [1.82, 2.24) is 0 Å². The van der Waals surface area contributed by atoms with E-state index in [4.69, 9.17) is 16.5 Å². The van der Waals surface area contributed by atoms with Gasteiger partial charge >= 0.3 is 0 Å².